The number of rotatable bonds is 4. The lowest BCUT2D eigenvalue weighted by atomic mass is 10.0. The number of hydrogen-bond acceptors (Lipinski definition) is 3. The van der Waals surface area contributed by atoms with Crippen molar-refractivity contribution >= 4 is 10.9 Å². The molecule has 120 valence electrons. The maximum atomic E-state index is 5.84. The number of nitrogens with one attached hydrogen (secondary N) is 1. The highest BCUT2D eigenvalue weighted by molar-refractivity contribution is 5.81. The van der Waals surface area contributed by atoms with E-state index >= 15 is 0 Å². The van der Waals surface area contributed by atoms with Crippen molar-refractivity contribution in [3.05, 3.63) is 53.3 Å². The van der Waals surface area contributed by atoms with Crippen molar-refractivity contribution in [2.45, 2.75) is 46.1 Å². The van der Waals surface area contributed by atoms with Crippen molar-refractivity contribution in [2.75, 3.05) is 0 Å². The first-order valence-electron chi connectivity index (χ1n) is 7.98. The molecule has 3 rings (SSSR count). The Labute approximate surface area is 136 Å². The van der Waals surface area contributed by atoms with Crippen molar-refractivity contribution < 1.29 is 4.74 Å². The average Bonchev–Trinajstić information content (AvgIpc) is 2.93. The van der Waals surface area contributed by atoms with E-state index in [1.54, 1.807) is 0 Å². The Balaban J connectivity index is 1.73. The lowest BCUT2D eigenvalue weighted by molar-refractivity contribution is 0.124. The van der Waals surface area contributed by atoms with Gasteiger partial charge in [0.25, 0.3) is 0 Å². The van der Waals surface area contributed by atoms with Crippen LogP contribution in [0.2, 0.25) is 0 Å². The second-order valence-electron chi connectivity index (χ2n) is 6.93. The van der Waals surface area contributed by atoms with Gasteiger partial charge < -0.3 is 4.74 Å². The van der Waals surface area contributed by atoms with Crippen LogP contribution in [0.4, 0.5) is 0 Å². The van der Waals surface area contributed by atoms with Gasteiger partial charge in [0.05, 0.1) is 11.7 Å². The summed E-state index contributed by atoms with van der Waals surface area (Å²) in [5, 5.41) is 8.32. The second-order valence-corrected chi connectivity index (χ2v) is 6.93. The normalized spacial score (nSPS) is 11.8. The number of H-pyrrole nitrogens is 1. The van der Waals surface area contributed by atoms with Gasteiger partial charge >= 0.3 is 0 Å². The highest BCUT2D eigenvalue weighted by atomic mass is 16.5. The Morgan fingerprint density at radius 1 is 1.13 bits per heavy atom. The number of fused-ring (bicyclic) bond motifs is 1. The van der Waals surface area contributed by atoms with Gasteiger partial charge in [-0.1, -0.05) is 12.1 Å². The molecule has 0 saturated heterocycles. The summed E-state index contributed by atoms with van der Waals surface area (Å²) in [4.78, 5) is 4.61. The van der Waals surface area contributed by atoms with E-state index in [1.807, 2.05) is 39.1 Å². The molecule has 0 bridgehead atoms. The third kappa shape index (κ3) is 3.89. The molecule has 4 nitrogen and oxygen atoms in total. The molecule has 0 amide bonds. The van der Waals surface area contributed by atoms with E-state index in [2.05, 4.69) is 40.3 Å². The van der Waals surface area contributed by atoms with Crippen LogP contribution in [0, 0.1) is 6.92 Å². The molecule has 23 heavy (non-hydrogen) atoms. The highest BCUT2D eigenvalue weighted by Gasteiger charge is 2.12. The molecule has 3 aromatic rings. The zero-order valence-corrected chi connectivity index (χ0v) is 14.2. The lowest BCUT2D eigenvalue weighted by Crippen LogP contribution is -2.23. The topological polar surface area (TPSA) is 50.8 Å². The third-order valence-electron chi connectivity index (χ3n) is 3.67. The van der Waals surface area contributed by atoms with Crippen LogP contribution < -0.4 is 4.74 Å². The van der Waals surface area contributed by atoms with Crippen LogP contribution in [0.3, 0.4) is 0 Å². The van der Waals surface area contributed by atoms with Gasteiger partial charge in [0.15, 0.2) is 0 Å². The molecule has 0 unspecified atom stereocenters. The van der Waals surface area contributed by atoms with Gasteiger partial charge in [-0.3, -0.25) is 5.10 Å². The lowest BCUT2D eigenvalue weighted by Gasteiger charge is -2.20. The maximum Gasteiger partial charge on any atom is 0.213 e. The fourth-order valence-corrected chi connectivity index (χ4v) is 2.70. The molecule has 2 aromatic heterocycles. The summed E-state index contributed by atoms with van der Waals surface area (Å²) in [5.74, 6) is 0.691. The molecule has 0 fully saturated rings. The van der Waals surface area contributed by atoms with Gasteiger partial charge in [-0.05, 0) is 63.8 Å². The van der Waals surface area contributed by atoms with Crippen molar-refractivity contribution in [2.24, 2.45) is 0 Å². The van der Waals surface area contributed by atoms with E-state index in [0.717, 1.165) is 29.4 Å². The second kappa shape index (κ2) is 6.03. The van der Waals surface area contributed by atoms with E-state index in [0.29, 0.717) is 5.88 Å². The summed E-state index contributed by atoms with van der Waals surface area (Å²) in [6.07, 6.45) is 3.72. The molecule has 0 aliphatic carbocycles. The van der Waals surface area contributed by atoms with Gasteiger partial charge in [0.1, 0.15) is 5.60 Å². The molecule has 2 heterocycles. The van der Waals surface area contributed by atoms with Crippen molar-refractivity contribution in [3.8, 4) is 5.88 Å². The number of aromatic amines is 1. The van der Waals surface area contributed by atoms with Crippen LogP contribution in [-0.2, 0) is 12.8 Å². The van der Waals surface area contributed by atoms with Crippen LogP contribution in [0.25, 0.3) is 10.9 Å². The molecular weight excluding hydrogens is 286 g/mol. The van der Waals surface area contributed by atoms with Crippen LogP contribution >= 0.6 is 0 Å². The summed E-state index contributed by atoms with van der Waals surface area (Å²) in [6.45, 7) is 8.21. The first kappa shape index (κ1) is 15.5. The summed E-state index contributed by atoms with van der Waals surface area (Å²) < 4.78 is 5.84. The van der Waals surface area contributed by atoms with E-state index < -0.39 is 0 Å². The number of aromatic nitrogens is 3. The Morgan fingerprint density at radius 2 is 1.96 bits per heavy atom. The number of pyridine rings is 1. The van der Waals surface area contributed by atoms with Crippen LogP contribution in [0.5, 0.6) is 5.88 Å². The van der Waals surface area contributed by atoms with E-state index in [9.17, 15) is 0 Å². The van der Waals surface area contributed by atoms with E-state index in [1.165, 1.54) is 11.1 Å². The Kier molecular flexibility index (Phi) is 4.07. The van der Waals surface area contributed by atoms with Crippen LogP contribution in [-0.4, -0.2) is 20.8 Å². The molecule has 0 spiro atoms. The van der Waals surface area contributed by atoms with Gasteiger partial charge in [-0.15, -0.1) is 0 Å². The zero-order valence-electron chi connectivity index (χ0n) is 14.2. The molecule has 1 aromatic carbocycles. The smallest absolute Gasteiger partial charge is 0.213 e. The molecule has 0 saturated carbocycles. The van der Waals surface area contributed by atoms with Gasteiger partial charge in [-0.2, -0.15) is 5.10 Å². The Bertz CT molecular complexity index is 815. The van der Waals surface area contributed by atoms with Gasteiger partial charge in [0.2, 0.25) is 5.88 Å². The molecule has 0 aliphatic rings. The number of benzene rings is 1. The van der Waals surface area contributed by atoms with E-state index in [-0.39, 0.29) is 5.60 Å². The fourth-order valence-electron chi connectivity index (χ4n) is 2.70. The fraction of sp³-hybridized carbons (Fsp3) is 0.368. The number of aryl methyl sites for hydroxylation is 3. The van der Waals surface area contributed by atoms with Crippen molar-refractivity contribution in [3.63, 3.8) is 0 Å². The summed E-state index contributed by atoms with van der Waals surface area (Å²) in [5.41, 5.74) is 4.48. The predicted molar refractivity (Wildman–Crippen MR) is 92.9 cm³/mol. The van der Waals surface area contributed by atoms with Crippen molar-refractivity contribution in [1.82, 2.24) is 15.2 Å². The molecule has 0 radical (unpaired) electrons. The average molecular weight is 309 g/mol. The molecule has 4 heteroatoms. The minimum absolute atomic E-state index is 0.227. The minimum atomic E-state index is -0.227. The Morgan fingerprint density at radius 3 is 2.74 bits per heavy atom. The predicted octanol–water partition coefficient (Wildman–Crippen LogP) is 4.23. The molecule has 1 N–H and O–H groups in total. The molecular formula is C19H23N3O. The summed E-state index contributed by atoms with van der Waals surface area (Å²) >= 11 is 0. The number of hydrogen-bond donors (Lipinski definition) is 1. The SMILES string of the molecule is Cc1cc(CCc2cccc(OC(C)(C)C)n2)cc2cn[nH]c12. The van der Waals surface area contributed by atoms with Gasteiger partial charge in [0, 0.05) is 17.1 Å². The largest absolute Gasteiger partial charge is 0.472 e. The summed E-state index contributed by atoms with van der Waals surface area (Å²) in [7, 11) is 0. The van der Waals surface area contributed by atoms with E-state index in [4.69, 9.17) is 4.74 Å². The summed E-state index contributed by atoms with van der Waals surface area (Å²) in [6, 6.07) is 10.4. The minimum Gasteiger partial charge on any atom is -0.472 e. The van der Waals surface area contributed by atoms with Crippen molar-refractivity contribution in [1.29, 1.82) is 0 Å². The standard InChI is InChI=1S/C19H23N3O/c1-13-10-14(11-15-12-20-22-18(13)15)8-9-16-6-5-7-17(21-16)23-19(2,3)4/h5-7,10-12H,8-9H2,1-4H3,(H,20,22). The number of ether oxygens (including phenoxy) is 1. The first-order chi connectivity index (χ1) is 10.9. The maximum absolute atomic E-state index is 5.84. The quantitative estimate of drug-likeness (QED) is 0.784. The Hall–Kier alpha value is -2.36. The zero-order chi connectivity index (χ0) is 16.4. The van der Waals surface area contributed by atoms with Gasteiger partial charge in [-0.25, -0.2) is 4.98 Å². The third-order valence-corrected chi connectivity index (χ3v) is 3.67. The molecule has 0 aliphatic heterocycles. The first-order valence-corrected chi connectivity index (χ1v) is 7.98. The highest BCUT2D eigenvalue weighted by Crippen LogP contribution is 2.20. The van der Waals surface area contributed by atoms with Crippen LogP contribution in [0.1, 0.15) is 37.6 Å². The molecule has 0 atom stereocenters. The number of nitrogens with zero attached hydrogens (tertiary/aromatic N) is 2. The van der Waals surface area contributed by atoms with Crippen LogP contribution in [0.15, 0.2) is 36.5 Å². The monoisotopic (exact) mass is 309 g/mol.